The van der Waals surface area contributed by atoms with E-state index in [1.54, 1.807) is 31.4 Å². The molecular weight excluding hydrogens is 318 g/mol. The number of phenols is 1. The van der Waals surface area contributed by atoms with Gasteiger partial charge in [-0.15, -0.1) is 0 Å². The summed E-state index contributed by atoms with van der Waals surface area (Å²) in [6, 6.07) is 14.4. The quantitative estimate of drug-likeness (QED) is 0.771. The minimum Gasteiger partial charge on any atom is -0.508 e. The first-order valence-corrected chi connectivity index (χ1v) is 8.28. The zero-order chi connectivity index (χ0) is 18.2. The van der Waals surface area contributed by atoms with Crippen LogP contribution in [0.25, 0.3) is 0 Å². The van der Waals surface area contributed by atoms with Crippen LogP contribution in [0.4, 0.5) is 0 Å². The molecule has 0 aliphatic heterocycles. The standard InChI is InChI=1S/C20H25NO4/c1-14(15-6-10-18(24-2)11-7-15)12-13-21-20(23)19(25-3)16-4-8-17(22)9-5-16/h4-11,14,19,22H,12-13H2,1-3H3,(H,21,23)/t14-,19-/m0/s1. The molecule has 0 saturated carbocycles. The third-order valence-corrected chi connectivity index (χ3v) is 4.23. The van der Waals surface area contributed by atoms with Gasteiger partial charge < -0.3 is 19.9 Å². The Morgan fingerprint density at radius 2 is 1.64 bits per heavy atom. The number of hydrogen-bond donors (Lipinski definition) is 2. The van der Waals surface area contributed by atoms with Crippen molar-refractivity contribution in [2.75, 3.05) is 20.8 Å². The second-order valence-electron chi connectivity index (χ2n) is 5.96. The molecular formula is C20H25NO4. The van der Waals surface area contributed by atoms with Gasteiger partial charge in [-0.05, 0) is 47.7 Å². The van der Waals surface area contributed by atoms with Gasteiger partial charge in [-0.3, -0.25) is 4.79 Å². The van der Waals surface area contributed by atoms with Crippen molar-refractivity contribution in [3.8, 4) is 11.5 Å². The number of ether oxygens (including phenoxy) is 2. The molecule has 2 aromatic rings. The number of phenolic OH excluding ortho intramolecular Hbond substituents is 1. The zero-order valence-electron chi connectivity index (χ0n) is 14.9. The molecule has 2 N–H and O–H groups in total. The number of methoxy groups -OCH3 is 2. The first-order chi connectivity index (χ1) is 12.0. The van der Waals surface area contributed by atoms with Crippen molar-refractivity contribution in [1.82, 2.24) is 5.32 Å². The van der Waals surface area contributed by atoms with Crippen molar-refractivity contribution in [3.63, 3.8) is 0 Å². The molecule has 2 atom stereocenters. The molecule has 0 aliphatic carbocycles. The lowest BCUT2D eigenvalue weighted by Gasteiger charge is -2.17. The van der Waals surface area contributed by atoms with Crippen LogP contribution in [0.15, 0.2) is 48.5 Å². The Labute approximate surface area is 148 Å². The third kappa shape index (κ3) is 5.22. The summed E-state index contributed by atoms with van der Waals surface area (Å²) in [7, 11) is 3.14. The van der Waals surface area contributed by atoms with Crippen LogP contribution in [0.2, 0.25) is 0 Å². The van der Waals surface area contributed by atoms with Crippen LogP contribution < -0.4 is 10.1 Å². The van der Waals surface area contributed by atoms with Gasteiger partial charge in [0, 0.05) is 13.7 Å². The first kappa shape index (κ1) is 18.8. The molecule has 0 heterocycles. The molecule has 0 aliphatic rings. The van der Waals surface area contributed by atoms with Crippen molar-refractivity contribution >= 4 is 5.91 Å². The summed E-state index contributed by atoms with van der Waals surface area (Å²) in [6.07, 6.45) is 0.140. The van der Waals surface area contributed by atoms with E-state index in [0.29, 0.717) is 18.0 Å². The van der Waals surface area contributed by atoms with Crippen molar-refractivity contribution in [3.05, 3.63) is 59.7 Å². The molecule has 0 fully saturated rings. The van der Waals surface area contributed by atoms with Crippen molar-refractivity contribution in [2.45, 2.75) is 25.4 Å². The van der Waals surface area contributed by atoms with Gasteiger partial charge in [0.2, 0.25) is 0 Å². The topological polar surface area (TPSA) is 67.8 Å². The predicted molar refractivity (Wildman–Crippen MR) is 96.9 cm³/mol. The van der Waals surface area contributed by atoms with E-state index < -0.39 is 6.10 Å². The Morgan fingerprint density at radius 1 is 1.04 bits per heavy atom. The molecule has 1 amide bonds. The Balaban J connectivity index is 1.86. The molecule has 0 unspecified atom stereocenters. The van der Waals surface area contributed by atoms with E-state index in [1.165, 1.54) is 12.7 Å². The number of nitrogens with one attached hydrogen (secondary N) is 1. The molecule has 0 aromatic heterocycles. The predicted octanol–water partition coefficient (Wildman–Crippen LogP) is 3.40. The van der Waals surface area contributed by atoms with Crippen LogP contribution in [0.5, 0.6) is 11.5 Å². The number of benzene rings is 2. The average molecular weight is 343 g/mol. The highest BCUT2D eigenvalue weighted by Gasteiger charge is 2.19. The summed E-state index contributed by atoms with van der Waals surface area (Å²) in [6.45, 7) is 2.69. The number of hydrogen-bond acceptors (Lipinski definition) is 4. The SMILES string of the molecule is COc1ccc([C@@H](C)CCNC(=O)[C@@H](OC)c2ccc(O)cc2)cc1. The monoisotopic (exact) mass is 343 g/mol. The summed E-state index contributed by atoms with van der Waals surface area (Å²) in [4.78, 5) is 12.3. The van der Waals surface area contributed by atoms with Gasteiger partial charge in [0.25, 0.3) is 5.91 Å². The number of aromatic hydroxyl groups is 1. The smallest absolute Gasteiger partial charge is 0.253 e. The summed E-state index contributed by atoms with van der Waals surface area (Å²) in [5, 5.41) is 12.3. The highest BCUT2D eigenvalue weighted by Crippen LogP contribution is 2.22. The van der Waals surface area contributed by atoms with Crippen molar-refractivity contribution in [1.29, 1.82) is 0 Å². The molecule has 2 rings (SSSR count). The van der Waals surface area contributed by atoms with E-state index in [0.717, 1.165) is 12.2 Å². The molecule has 0 bridgehead atoms. The average Bonchev–Trinajstić information content (AvgIpc) is 2.64. The van der Waals surface area contributed by atoms with E-state index in [-0.39, 0.29) is 11.7 Å². The minimum atomic E-state index is -0.683. The van der Waals surface area contributed by atoms with Gasteiger partial charge in [-0.25, -0.2) is 0 Å². The highest BCUT2D eigenvalue weighted by atomic mass is 16.5. The van der Waals surface area contributed by atoms with Crippen LogP contribution in [0.3, 0.4) is 0 Å². The number of rotatable bonds is 8. The second kappa shape index (κ2) is 9.08. The van der Waals surface area contributed by atoms with Gasteiger partial charge in [-0.2, -0.15) is 0 Å². The maximum atomic E-state index is 12.3. The molecule has 5 heteroatoms. The van der Waals surface area contributed by atoms with Crippen LogP contribution in [0, 0.1) is 0 Å². The normalized spacial score (nSPS) is 13.1. The highest BCUT2D eigenvalue weighted by molar-refractivity contribution is 5.82. The van der Waals surface area contributed by atoms with Crippen molar-refractivity contribution < 1.29 is 19.4 Å². The molecule has 5 nitrogen and oxygen atoms in total. The van der Waals surface area contributed by atoms with Crippen molar-refractivity contribution in [2.24, 2.45) is 0 Å². The van der Waals surface area contributed by atoms with Gasteiger partial charge >= 0.3 is 0 Å². The largest absolute Gasteiger partial charge is 0.508 e. The fraction of sp³-hybridized carbons (Fsp3) is 0.350. The fourth-order valence-corrected chi connectivity index (χ4v) is 2.65. The molecule has 25 heavy (non-hydrogen) atoms. The van der Waals surface area contributed by atoms with Gasteiger partial charge in [-0.1, -0.05) is 31.2 Å². The Hall–Kier alpha value is -2.53. The van der Waals surface area contributed by atoms with E-state index in [1.807, 2.05) is 24.3 Å². The lowest BCUT2D eigenvalue weighted by atomic mass is 9.97. The Bertz CT molecular complexity index is 667. The lowest BCUT2D eigenvalue weighted by molar-refractivity contribution is -0.131. The fourth-order valence-electron chi connectivity index (χ4n) is 2.65. The Morgan fingerprint density at radius 3 is 2.20 bits per heavy atom. The molecule has 134 valence electrons. The maximum Gasteiger partial charge on any atom is 0.253 e. The third-order valence-electron chi connectivity index (χ3n) is 4.23. The first-order valence-electron chi connectivity index (χ1n) is 8.28. The molecule has 2 aromatic carbocycles. The molecule has 0 spiro atoms. The lowest BCUT2D eigenvalue weighted by Crippen LogP contribution is -2.31. The van der Waals surface area contributed by atoms with Crippen LogP contribution >= 0.6 is 0 Å². The summed E-state index contributed by atoms with van der Waals surface area (Å²) in [5.41, 5.74) is 1.91. The van der Waals surface area contributed by atoms with Gasteiger partial charge in [0.15, 0.2) is 6.10 Å². The van der Waals surface area contributed by atoms with E-state index in [4.69, 9.17) is 9.47 Å². The van der Waals surface area contributed by atoms with E-state index >= 15 is 0 Å². The minimum absolute atomic E-state index is 0.160. The molecule has 0 saturated heterocycles. The Kier molecular flexibility index (Phi) is 6.83. The van der Waals surface area contributed by atoms with Gasteiger partial charge in [0.1, 0.15) is 11.5 Å². The zero-order valence-corrected chi connectivity index (χ0v) is 14.9. The van der Waals surface area contributed by atoms with Gasteiger partial charge in [0.05, 0.1) is 7.11 Å². The summed E-state index contributed by atoms with van der Waals surface area (Å²) < 4.78 is 10.5. The number of amides is 1. The molecule has 0 radical (unpaired) electrons. The maximum absolute atomic E-state index is 12.3. The second-order valence-corrected chi connectivity index (χ2v) is 5.96. The van der Waals surface area contributed by atoms with E-state index in [9.17, 15) is 9.90 Å². The number of carbonyl (C=O) groups is 1. The van der Waals surface area contributed by atoms with Crippen LogP contribution in [-0.4, -0.2) is 31.8 Å². The van der Waals surface area contributed by atoms with E-state index in [2.05, 4.69) is 12.2 Å². The van der Waals surface area contributed by atoms with Crippen LogP contribution in [-0.2, 0) is 9.53 Å². The van der Waals surface area contributed by atoms with Crippen LogP contribution in [0.1, 0.15) is 36.5 Å². The summed E-state index contributed by atoms with van der Waals surface area (Å²) >= 11 is 0. The summed E-state index contributed by atoms with van der Waals surface area (Å²) in [5.74, 6) is 1.13. The number of carbonyl (C=O) groups excluding carboxylic acids is 1.